The number of hydrogen-bond acceptors (Lipinski definition) is 4. The second-order valence-corrected chi connectivity index (χ2v) is 5.15. The van der Waals surface area contributed by atoms with Crippen LogP contribution in [0.4, 0.5) is 4.39 Å². The second-order valence-electron chi connectivity index (χ2n) is 5.15. The van der Waals surface area contributed by atoms with Gasteiger partial charge in [0.05, 0.1) is 12.3 Å². The van der Waals surface area contributed by atoms with Crippen molar-refractivity contribution in [3.63, 3.8) is 0 Å². The van der Waals surface area contributed by atoms with Crippen molar-refractivity contribution in [1.29, 1.82) is 0 Å². The summed E-state index contributed by atoms with van der Waals surface area (Å²) >= 11 is 0. The van der Waals surface area contributed by atoms with Gasteiger partial charge < -0.3 is 15.2 Å². The molecule has 1 atom stereocenters. The summed E-state index contributed by atoms with van der Waals surface area (Å²) in [6.45, 7) is 1.14. The van der Waals surface area contributed by atoms with Crippen LogP contribution in [-0.2, 0) is 9.53 Å². The summed E-state index contributed by atoms with van der Waals surface area (Å²) in [5, 5.41) is 15.6. The molecule has 0 saturated heterocycles. The Bertz CT molecular complexity index is 731. The molecule has 0 spiro atoms. The average molecular weight is 321 g/mol. The first-order chi connectivity index (χ1) is 10.9. The van der Waals surface area contributed by atoms with Crippen LogP contribution in [0.3, 0.4) is 0 Å². The lowest BCUT2D eigenvalue weighted by Crippen LogP contribution is -2.55. The zero-order valence-corrected chi connectivity index (χ0v) is 12.6. The first-order valence-electron chi connectivity index (χ1n) is 6.72. The number of halogens is 1. The Kier molecular flexibility index (Phi) is 4.75. The fourth-order valence-corrected chi connectivity index (χ4v) is 1.96. The summed E-state index contributed by atoms with van der Waals surface area (Å²) in [7, 11) is 1.34. The molecule has 0 radical (unpaired) electrons. The molecule has 0 aliphatic heterocycles. The normalized spacial score (nSPS) is 13.3. The lowest BCUT2D eigenvalue weighted by molar-refractivity contribution is -0.145. The maximum absolute atomic E-state index is 13.2. The van der Waals surface area contributed by atoms with E-state index >= 15 is 0 Å². The number of rotatable bonds is 6. The van der Waals surface area contributed by atoms with E-state index in [4.69, 9.17) is 4.74 Å². The molecule has 0 bridgehead atoms. The molecule has 0 fully saturated rings. The molecule has 1 amide bonds. The van der Waals surface area contributed by atoms with Crippen molar-refractivity contribution in [2.75, 3.05) is 13.7 Å². The Morgan fingerprint density at radius 1 is 1.43 bits per heavy atom. The minimum Gasteiger partial charge on any atom is -0.479 e. The van der Waals surface area contributed by atoms with E-state index in [0.717, 1.165) is 0 Å². The summed E-state index contributed by atoms with van der Waals surface area (Å²) < 4.78 is 19.4. The number of methoxy groups -OCH3 is 1. The Morgan fingerprint density at radius 3 is 2.78 bits per heavy atom. The van der Waals surface area contributed by atoms with Gasteiger partial charge in [-0.2, -0.15) is 5.10 Å². The van der Waals surface area contributed by atoms with Crippen LogP contribution in [0.2, 0.25) is 0 Å². The number of carbonyl (C=O) groups is 2. The van der Waals surface area contributed by atoms with Crippen molar-refractivity contribution in [1.82, 2.24) is 15.1 Å². The molecule has 122 valence electrons. The van der Waals surface area contributed by atoms with Crippen molar-refractivity contribution < 1.29 is 23.8 Å². The van der Waals surface area contributed by atoms with Gasteiger partial charge in [0.2, 0.25) is 0 Å². The zero-order chi connectivity index (χ0) is 17.0. The fourth-order valence-electron chi connectivity index (χ4n) is 1.96. The van der Waals surface area contributed by atoms with Crippen LogP contribution in [-0.4, -0.2) is 46.0 Å². The van der Waals surface area contributed by atoms with E-state index in [1.165, 1.54) is 49.2 Å². The van der Waals surface area contributed by atoms with Gasteiger partial charge in [0, 0.05) is 13.3 Å². The molecule has 0 unspecified atom stereocenters. The predicted octanol–water partition coefficient (Wildman–Crippen LogP) is 1.23. The van der Waals surface area contributed by atoms with Crippen molar-refractivity contribution in [2.24, 2.45) is 0 Å². The highest BCUT2D eigenvalue weighted by Crippen LogP contribution is 2.11. The highest BCUT2D eigenvalue weighted by Gasteiger charge is 2.35. The number of ether oxygens (including phenoxy) is 1. The molecular weight excluding hydrogens is 305 g/mol. The van der Waals surface area contributed by atoms with Crippen LogP contribution in [0.5, 0.6) is 0 Å². The summed E-state index contributed by atoms with van der Waals surface area (Å²) in [5.74, 6) is -2.32. The maximum atomic E-state index is 13.2. The third kappa shape index (κ3) is 3.72. The minimum absolute atomic E-state index is 0.0119. The summed E-state index contributed by atoms with van der Waals surface area (Å²) in [6.07, 6.45) is 1.48. The Hall–Kier alpha value is -2.74. The monoisotopic (exact) mass is 321 g/mol. The fraction of sp³-hybridized carbons (Fsp3) is 0.267. The molecule has 0 aliphatic rings. The van der Waals surface area contributed by atoms with E-state index in [1.54, 1.807) is 6.07 Å². The number of carboxylic acids is 1. The van der Waals surface area contributed by atoms with Gasteiger partial charge >= 0.3 is 5.97 Å². The van der Waals surface area contributed by atoms with E-state index < -0.39 is 23.2 Å². The summed E-state index contributed by atoms with van der Waals surface area (Å²) in [6, 6.07) is 7.12. The lowest BCUT2D eigenvalue weighted by Gasteiger charge is -2.24. The van der Waals surface area contributed by atoms with Crippen molar-refractivity contribution >= 4 is 11.9 Å². The number of amides is 1. The van der Waals surface area contributed by atoms with Gasteiger partial charge in [0.15, 0.2) is 11.2 Å². The minimum atomic E-state index is -1.57. The molecule has 0 aliphatic carbocycles. The molecule has 7 nitrogen and oxygen atoms in total. The van der Waals surface area contributed by atoms with Gasteiger partial charge in [-0.15, -0.1) is 0 Å². The molecule has 1 heterocycles. The predicted molar refractivity (Wildman–Crippen MR) is 78.9 cm³/mol. The number of carbonyl (C=O) groups excluding carboxylic acids is 1. The van der Waals surface area contributed by atoms with Crippen molar-refractivity contribution in [3.05, 3.63) is 48.0 Å². The van der Waals surface area contributed by atoms with E-state index in [1.807, 2.05) is 0 Å². The third-order valence-electron chi connectivity index (χ3n) is 3.19. The van der Waals surface area contributed by atoms with E-state index in [-0.39, 0.29) is 12.3 Å². The van der Waals surface area contributed by atoms with Gasteiger partial charge in [0.25, 0.3) is 5.91 Å². The molecular formula is C15H16FN3O4. The molecule has 8 heteroatoms. The second kappa shape index (κ2) is 6.57. The van der Waals surface area contributed by atoms with Crippen LogP contribution in [0.25, 0.3) is 5.69 Å². The first-order valence-corrected chi connectivity index (χ1v) is 6.72. The average Bonchev–Trinajstić information content (AvgIpc) is 2.97. The molecule has 0 saturated carbocycles. The van der Waals surface area contributed by atoms with Crippen molar-refractivity contribution in [3.8, 4) is 5.69 Å². The van der Waals surface area contributed by atoms with Gasteiger partial charge in [-0.25, -0.2) is 13.9 Å². The van der Waals surface area contributed by atoms with Crippen LogP contribution in [0, 0.1) is 5.82 Å². The van der Waals surface area contributed by atoms with E-state index in [2.05, 4.69) is 10.4 Å². The zero-order valence-electron chi connectivity index (χ0n) is 12.6. The largest absolute Gasteiger partial charge is 0.479 e. The number of nitrogens with one attached hydrogen (secondary N) is 1. The number of carboxylic acid groups (broad SMARTS) is 1. The van der Waals surface area contributed by atoms with Crippen LogP contribution < -0.4 is 5.32 Å². The molecule has 23 heavy (non-hydrogen) atoms. The summed E-state index contributed by atoms with van der Waals surface area (Å²) in [5.41, 5.74) is -1.12. The SMILES string of the molecule is COC[C@@](C)(NC(=O)c1ccn(-c2cccc(F)c2)n1)C(=O)O. The van der Waals surface area contributed by atoms with Crippen LogP contribution in [0.15, 0.2) is 36.5 Å². The summed E-state index contributed by atoms with van der Waals surface area (Å²) in [4.78, 5) is 23.5. The van der Waals surface area contributed by atoms with Gasteiger partial charge in [-0.3, -0.25) is 4.79 Å². The molecule has 1 aromatic heterocycles. The number of hydrogen-bond donors (Lipinski definition) is 2. The number of aliphatic carboxylic acids is 1. The van der Waals surface area contributed by atoms with Gasteiger partial charge in [0.1, 0.15) is 5.82 Å². The third-order valence-corrected chi connectivity index (χ3v) is 3.19. The Labute approximate surface area is 131 Å². The van der Waals surface area contributed by atoms with Crippen LogP contribution in [0.1, 0.15) is 17.4 Å². The van der Waals surface area contributed by atoms with E-state index in [0.29, 0.717) is 5.69 Å². The highest BCUT2D eigenvalue weighted by molar-refractivity contribution is 5.96. The highest BCUT2D eigenvalue weighted by atomic mass is 19.1. The number of nitrogens with zero attached hydrogens (tertiary/aromatic N) is 2. The van der Waals surface area contributed by atoms with Gasteiger partial charge in [-0.1, -0.05) is 6.07 Å². The Morgan fingerprint density at radius 2 is 2.17 bits per heavy atom. The number of aromatic nitrogens is 2. The first kappa shape index (κ1) is 16.6. The van der Waals surface area contributed by atoms with Crippen LogP contribution >= 0.6 is 0 Å². The molecule has 2 N–H and O–H groups in total. The number of benzene rings is 1. The van der Waals surface area contributed by atoms with E-state index in [9.17, 15) is 19.1 Å². The maximum Gasteiger partial charge on any atom is 0.331 e. The standard InChI is InChI=1S/C15H16FN3O4/c1-15(9-23-2,14(21)22)17-13(20)12-6-7-19(18-12)11-5-3-4-10(16)8-11/h3-8H,9H2,1-2H3,(H,17,20)(H,21,22)/t15-/m1/s1. The molecule has 2 rings (SSSR count). The lowest BCUT2D eigenvalue weighted by atomic mass is 10.0. The van der Waals surface area contributed by atoms with Crippen molar-refractivity contribution in [2.45, 2.75) is 12.5 Å². The van der Waals surface area contributed by atoms with Gasteiger partial charge in [-0.05, 0) is 31.2 Å². The molecule has 2 aromatic rings. The topological polar surface area (TPSA) is 93.5 Å². The smallest absolute Gasteiger partial charge is 0.331 e. The quantitative estimate of drug-likeness (QED) is 0.835. The Balaban J connectivity index is 2.20. The molecule has 1 aromatic carbocycles.